The van der Waals surface area contributed by atoms with E-state index in [1.165, 1.54) is 5.22 Å². The number of hydrogen-bond donors (Lipinski definition) is 0. The van der Waals surface area contributed by atoms with E-state index in [4.69, 9.17) is 21.4 Å². The fourth-order valence-electron chi connectivity index (χ4n) is 3.55. The summed E-state index contributed by atoms with van der Waals surface area (Å²) in [5, 5.41) is 8.10. The van der Waals surface area contributed by atoms with Crippen LogP contribution in [0.25, 0.3) is 17.8 Å². The number of morpholine rings is 1. The molecule has 1 aromatic heterocycles. The summed E-state index contributed by atoms with van der Waals surface area (Å²) in [6.07, 6.45) is 12.4. The summed E-state index contributed by atoms with van der Waals surface area (Å²) in [5.41, 5.74) is 1.03. The van der Waals surface area contributed by atoms with Crippen LogP contribution in [-0.2, 0) is 4.74 Å². The van der Waals surface area contributed by atoms with Gasteiger partial charge < -0.3 is 9.64 Å². The highest BCUT2D eigenvalue weighted by Crippen LogP contribution is 2.15. The first kappa shape index (κ1) is 17.4. The van der Waals surface area contributed by atoms with Gasteiger partial charge in [0, 0.05) is 23.3 Å². The second-order valence-corrected chi connectivity index (χ2v) is 7.30. The molecular weight excluding hydrogens is 346 g/mol. The number of benzene rings is 1. The van der Waals surface area contributed by atoms with Crippen LogP contribution in [0.1, 0.15) is 26.2 Å². The van der Waals surface area contributed by atoms with Crippen molar-refractivity contribution in [1.29, 1.82) is 0 Å². The fraction of sp³-hybridized carbons (Fsp3) is 0.381. The number of fused-ring (bicyclic) bond motifs is 1. The molecular formula is C21H24ClN3O. The van der Waals surface area contributed by atoms with Crippen LogP contribution < -0.4 is 15.5 Å². The van der Waals surface area contributed by atoms with E-state index in [0.717, 1.165) is 60.8 Å². The summed E-state index contributed by atoms with van der Waals surface area (Å²) in [7, 11) is 0. The molecule has 2 heterocycles. The zero-order valence-corrected chi connectivity index (χ0v) is 15.8. The van der Waals surface area contributed by atoms with Gasteiger partial charge in [0.25, 0.3) is 0 Å². The molecule has 5 heteroatoms. The SMILES string of the molecule is CC1CN(c2nn(-c3ccc(Cl)cc3)c3/c2=C\C=C/CCCC=3)CCO1. The minimum absolute atomic E-state index is 0.218. The molecule has 1 aliphatic heterocycles. The smallest absolute Gasteiger partial charge is 0.159 e. The van der Waals surface area contributed by atoms with Gasteiger partial charge in [-0.15, -0.1) is 5.10 Å². The van der Waals surface area contributed by atoms with Gasteiger partial charge in [0.2, 0.25) is 0 Å². The molecule has 1 aromatic carbocycles. The average molecular weight is 370 g/mol. The van der Waals surface area contributed by atoms with Gasteiger partial charge in [-0.3, -0.25) is 0 Å². The number of nitrogens with zero attached hydrogens (tertiary/aromatic N) is 3. The summed E-state index contributed by atoms with van der Waals surface area (Å²) >= 11 is 6.08. The first-order valence-corrected chi connectivity index (χ1v) is 9.69. The van der Waals surface area contributed by atoms with E-state index in [1.807, 2.05) is 24.3 Å². The predicted octanol–water partition coefficient (Wildman–Crippen LogP) is 3.05. The molecule has 136 valence electrons. The van der Waals surface area contributed by atoms with Crippen molar-refractivity contribution in [3.63, 3.8) is 0 Å². The number of allylic oxidation sites excluding steroid dienone is 2. The summed E-state index contributed by atoms with van der Waals surface area (Å²) in [6.45, 7) is 4.59. The lowest BCUT2D eigenvalue weighted by molar-refractivity contribution is 0.0528. The van der Waals surface area contributed by atoms with Crippen LogP contribution in [0.2, 0.25) is 5.02 Å². The molecule has 1 saturated heterocycles. The highest BCUT2D eigenvalue weighted by molar-refractivity contribution is 6.30. The summed E-state index contributed by atoms with van der Waals surface area (Å²) < 4.78 is 7.77. The van der Waals surface area contributed by atoms with Gasteiger partial charge in [-0.05, 0) is 56.5 Å². The number of halogens is 1. The van der Waals surface area contributed by atoms with Gasteiger partial charge in [0.15, 0.2) is 5.82 Å². The first-order chi connectivity index (χ1) is 12.7. The largest absolute Gasteiger partial charge is 0.375 e. The lowest BCUT2D eigenvalue weighted by Crippen LogP contribution is -2.44. The van der Waals surface area contributed by atoms with E-state index >= 15 is 0 Å². The number of hydrogen-bond acceptors (Lipinski definition) is 3. The Kier molecular flexibility index (Phi) is 5.14. The van der Waals surface area contributed by atoms with Crippen LogP contribution in [0, 0.1) is 0 Å². The fourth-order valence-corrected chi connectivity index (χ4v) is 3.67. The number of rotatable bonds is 2. The highest BCUT2D eigenvalue weighted by Gasteiger charge is 2.21. The second-order valence-electron chi connectivity index (χ2n) is 6.87. The summed E-state index contributed by atoms with van der Waals surface area (Å²) in [5.74, 6) is 1.04. The molecule has 1 unspecified atom stereocenters. The monoisotopic (exact) mass is 369 g/mol. The van der Waals surface area contributed by atoms with Gasteiger partial charge in [0.05, 0.1) is 23.7 Å². The Balaban J connectivity index is 1.90. The van der Waals surface area contributed by atoms with E-state index in [2.05, 4.69) is 40.8 Å². The van der Waals surface area contributed by atoms with E-state index < -0.39 is 0 Å². The van der Waals surface area contributed by atoms with E-state index in [1.54, 1.807) is 0 Å². The van der Waals surface area contributed by atoms with E-state index in [9.17, 15) is 0 Å². The molecule has 2 aliphatic rings. The quantitative estimate of drug-likeness (QED) is 0.815. The van der Waals surface area contributed by atoms with E-state index in [0.29, 0.717) is 0 Å². The normalized spacial score (nSPS) is 22.9. The molecule has 0 bridgehead atoms. The van der Waals surface area contributed by atoms with Gasteiger partial charge in [-0.2, -0.15) is 0 Å². The Morgan fingerprint density at radius 3 is 2.85 bits per heavy atom. The third-order valence-corrected chi connectivity index (χ3v) is 5.12. The van der Waals surface area contributed by atoms with Crippen LogP contribution in [0.4, 0.5) is 5.82 Å². The van der Waals surface area contributed by atoms with Crippen LogP contribution in [0.5, 0.6) is 0 Å². The van der Waals surface area contributed by atoms with Crippen LogP contribution in [0.15, 0.2) is 36.4 Å². The zero-order valence-electron chi connectivity index (χ0n) is 15.1. The lowest BCUT2D eigenvalue weighted by atomic mass is 10.2. The summed E-state index contributed by atoms with van der Waals surface area (Å²) in [6, 6.07) is 7.88. The topological polar surface area (TPSA) is 30.3 Å². The Bertz CT molecular complexity index is 914. The van der Waals surface area contributed by atoms with Gasteiger partial charge in [0.1, 0.15) is 0 Å². The van der Waals surface area contributed by atoms with Crippen molar-refractivity contribution in [2.24, 2.45) is 0 Å². The third-order valence-electron chi connectivity index (χ3n) is 4.86. The Labute approximate surface area is 159 Å². The summed E-state index contributed by atoms with van der Waals surface area (Å²) in [4.78, 5) is 2.34. The van der Waals surface area contributed by atoms with Crippen molar-refractivity contribution in [3.8, 4) is 5.69 Å². The Morgan fingerprint density at radius 2 is 2.04 bits per heavy atom. The van der Waals surface area contributed by atoms with Crippen molar-refractivity contribution in [1.82, 2.24) is 9.78 Å². The Morgan fingerprint density at radius 1 is 1.19 bits per heavy atom. The molecule has 0 saturated carbocycles. The second kappa shape index (κ2) is 7.68. The Hall–Kier alpha value is -2.04. The molecule has 4 nitrogen and oxygen atoms in total. The van der Waals surface area contributed by atoms with Crippen LogP contribution in [0.3, 0.4) is 0 Å². The molecule has 26 heavy (non-hydrogen) atoms. The van der Waals surface area contributed by atoms with E-state index in [-0.39, 0.29) is 6.10 Å². The highest BCUT2D eigenvalue weighted by atomic mass is 35.5. The maximum absolute atomic E-state index is 6.08. The third kappa shape index (κ3) is 3.57. The number of aromatic nitrogens is 2. The number of ether oxygens (including phenoxy) is 1. The van der Waals surface area contributed by atoms with Crippen molar-refractivity contribution in [2.45, 2.75) is 32.3 Å². The molecule has 1 atom stereocenters. The molecule has 1 fully saturated rings. The van der Waals surface area contributed by atoms with Crippen LogP contribution >= 0.6 is 11.6 Å². The minimum atomic E-state index is 0.218. The zero-order chi connectivity index (χ0) is 17.9. The maximum Gasteiger partial charge on any atom is 0.159 e. The molecule has 0 N–H and O–H groups in total. The lowest BCUT2D eigenvalue weighted by Gasteiger charge is -2.31. The maximum atomic E-state index is 6.08. The van der Waals surface area contributed by atoms with Crippen molar-refractivity contribution >= 4 is 29.6 Å². The van der Waals surface area contributed by atoms with Crippen molar-refractivity contribution < 1.29 is 4.74 Å². The molecule has 0 amide bonds. The van der Waals surface area contributed by atoms with Gasteiger partial charge in [-0.25, -0.2) is 4.68 Å². The average Bonchev–Trinajstić information content (AvgIpc) is 3.04. The van der Waals surface area contributed by atoms with Crippen molar-refractivity contribution in [3.05, 3.63) is 52.0 Å². The van der Waals surface area contributed by atoms with Crippen LogP contribution in [-0.4, -0.2) is 35.6 Å². The van der Waals surface area contributed by atoms with Gasteiger partial charge in [-0.1, -0.05) is 29.8 Å². The molecule has 4 rings (SSSR count). The minimum Gasteiger partial charge on any atom is -0.375 e. The van der Waals surface area contributed by atoms with Gasteiger partial charge >= 0.3 is 0 Å². The molecule has 1 aliphatic carbocycles. The molecule has 0 radical (unpaired) electrons. The van der Waals surface area contributed by atoms with Crippen molar-refractivity contribution in [2.75, 3.05) is 24.6 Å². The first-order valence-electron chi connectivity index (χ1n) is 9.31. The molecule has 0 spiro atoms. The standard InChI is InChI=1S/C21H24ClN3O/c1-16-15-24(13-14-26-16)21-19-7-5-3-2-4-6-8-20(19)25(23-21)18-11-9-17(22)10-12-18/h3,5,7-12,16H,2,4,6,13-15H2,1H3/b5-3-,19-7+,20-8?. The number of anilines is 1. The molecule has 2 aromatic rings. The predicted molar refractivity (Wildman–Crippen MR) is 107 cm³/mol.